The molecule has 0 aromatic carbocycles. The zero-order valence-corrected chi connectivity index (χ0v) is 47.4. The van der Waals surface area contributed by atoms with Crippen LogP contribution < -0.4 is 5.32 Å². The summed E-state index contributed by atoms with van der Waals surface area (Å²) in [6.45, 7) is 9.80. The van der Waals surface area contributed by atoms with Gasteiger partial charge in [0.2, 0.25) is 10.0 Å². The Hall–Kier alpha value is 6.29. The first-order valence-corrected chi connectivity index (χ1v) is 11.2. The van der Waals surface area contributed by atoms with Crippen molar-refractivity contribution >= 4 is 15.9 Å². The smallest absolute Gasteiger partial charge is 0.274 e. The van der Waals surface area contributed by atoms with E-state index in [2.05, 4.69) is 11.4 Å². The molecule has 38 heavy (non-hydrogen) atoms. The summed E-state index contributed by atoms with van der Waals surface area (Å²) in [7, 11) is -1.04. The fraction of sp³-hybridized carbons (Fsp3) is 0.391. The molecule has 0 bridgehead atoms. The number of carbonyl (C=O) groups is 1. The maximum atomic E-state index is 12.8. The summed E-state index contributed by atoms with van der Waals surface area (Å²) in [4.78, 5) is 12.9. The number of nitrogens with zero attached hydrogens (tertiary/aromatic N) is 1. The number of hydrogen-bond donors (Lipinski definition) is 1. The second kappa shape index (κ2) is 36.1. The molecule has 0 aromatic heterocycles. The molecule has 15 heteroatoms. The van der Waals surface area contributed by atoms with Crippen LogP contribution in [0.2, 0.25) is 0 Å². The number of likely N-dealkylation sites (N-methyl/N-ethyl adjacent to an activating group) is 1. The Morgan fingerprint density at radius 1 is 0.947 bits per heavy atom. The van der Waals surface area contributed by atoms with E-state index in [1.807, 2.05) is 52.0 Å². The first-order chi connectivity index (χ1) is 13.9. The Labute approximate surface area is 433 Å². The van der Waals surface area contributed by atoms with E-state index in [1.54, 1.807) is 13.0 Å². The number of carbonyl (C=O) groups excluding carboxylic acids is 1. The van der Waals surface area contributed by atoms with Crippen molar-refractivity contribution in [2.75, 3.05) is 14.2 Å². The van der Waals surface area contributed by atoms with Crippen molar-refractivity contribution in [2.24, 2.45) is 0 Å². The summed E-state index contributed by atoms with van der Waals surface area (Å²) in [5, 5.41) is 2.78. The molecule has 2 aliphatic carbocycles. The van der Waals surface area contributed by atoms with Crippen LogP contribution in [0.4, 0.5) is 0 Å². The minimum absolute atomic E-state index is 0. The molecular weight excluding hydrogens is 1110 g/mol. The second-order valence-corrected chi connectivity index (χ2v) is 7.81. The van der Waals surface area contributed by atoms with Crippen LogP contribution in [-0.2, 0) is 281 Å². The van der Waals surface area contributed by atoms with Gasteiger partial charge >= 0.3 is 0 Å². The van der Waals surface area contributed by atoms with E-state index in [0.717, 1.165) is 9.88 Å². The van der Waals surface area contributed by atoms with Crippen LogP contribution in [-0.4, -0.2) is 32.8 Å². The van der Waals surface area contributed by atoms with Gasteiger partial charge in [-0.2, -0.15) is 5.57 Å². The number of nitrogens with one attached hydrogen (secondary N) is 1. The van der Waals surface area contributed by atoms with Gasteiger partial charge in [0, 0.05) is 281 Å². The van der Waals surface area contributed by atoms with Crippen molar-refractivity contribution in [3.8, 4) is 0 Å². The number of ether oxygens (including phenoxy) is 1. The third-order valence-electron chi connectivity index (χ3n) is 4.15. The van der Waals surface area contributed by atoms with Gasteiger partial charge in [0.25, 0.3) is 5.91 Å². The van der Waals surface area contributed by atoms with Gasteiger partial charge in [0.1, 0.15) is 5.70 Å². The molecule has 0 fully saturated rings. The fourth-order valence-corrected chi connectivity index (χ4v) is 4.41. The van der Waals surface area contributed by atoms with Crippen LogP contribution in [0.1, 0.15) is 47.5 Å². The summed E-state index contributed by atoms with van der Waals surface area (Å²) in [6.07, 6.45) is 13.1. The third kappa shape index (κ3) is 19.2. The minimum Gasteiger partial charge on any atom is -0.513 e. The summed E-state index contributed by atoms with van der Waals surface area (Å²) < 4.78 is 31.9. The molecule has 1 aliphatic heterocycles. The van der Waals surface area contributed by atoms with Crippen LogP contribution in [0.25, 0.3) is 0 Å². The van der Waals surface area contributed by atoms with Gasteiger partial charge in [0.05, 0.1) is 12.9 Å². The normalized spacial score (nSPS) is 14.6. The molecule has 192 valence electrons. The van der Waals surface area contributed by atoms with Crippen LogP contribution in [0.3, 0.4) is 0 Å². The second-order valence-electron chi connectivity index (χ2n) is 5.91. The molecule has 1 N–H and O–H groups in total. The van der Waals surface area contributed by atoms with Gasteiger partial charge in [-0.25, -0.2) is 14.5 Å². The number of allylic oxidation sites excluding steroid dienone is 8. The molecule has 0 atom stereocenters. The molecule has 0 aromatic rings. The molecule has 3 aliphatic rings. The summed E-state index contributed by atoms with van der Waals surface area (Å²) in [5.74, 6) is -0.247. The largest absolute Gasteiger partial charge is 0.513 e. The van der Waals surface area contributed by atoms with Crippen LogP contribution in [0.15, 0.2) is 63.6 Å². The summed E-state index contributed by atoms with van der Waals surface area (Å²) >= 11 is 0. The predicted octanol–water partition coefficient (Wildman–Crippen LogP) is 4.53. The monoisotopic (exact) mass is 1150 g/mol. The van der Waals surface area contributed by atoms with Crippen LogP contribution in [0, 0.1) is 13.5 Å². The quantitative estimate of drug-likeness (QED) is 0.423. The molecule has 8 radical (unpaired) electrons. The van der Waals surface area contributed by atoms with Gasteiger partial charge in [0.15, 0.2) is 0 Å². The van der Waals surface area contributed by atoms with Gasteiger partial charge in [-0.05, 0) is 6.08 Å². The maximum absolute atomic E-state index is 12.8. The first-order valence-electron chi connectivity index (χ1n) is 9.80. The Kier molecular flexibility index (Phi) is 63.4. The SMILES string of the molecule is CC.CC.COC1=C(C(=O)NC2=CC=CC=CC2)N(C)S(=O)(=O)C2=C1CC(C)=[C-]2.[CH3-].[Y].[Y].[Y].[Y].[Y].[Y].[Y].[Y]. The van der Waals surface area contributed by atoms with E-state index >= 15 is 0 Å². The average Bonchev–Trinajstić information content (AvgIpc) is 2.94. The predicted molar refractivity (Wildman–Crippen MR) is 123 cm³/mol. The minimum atomic E-state index is -3.82. The summed E-state index contributed by atoms with van der Waals surface area (Å²) in [5.41, 5.74) is 1.93. The van der Waals surface area contributed by atoms with E-state index in [1.165, 1.54) is 14.2 Å². The Bertz CT molecular complexity index is 945. The summed E-state index contributed by atoms with van der Waals surface area (Å²) in [6, 6.07) is 0. The number of hydrogen-bond acceptors (Lipinski definition) is 4. The molecule has 3 rings (SSSR count). The van der Waals surface area contributed by atoms with Crippen molar-refractivity contribution in [1.29, 1.82) is 0 Å². The molecule has 6 nitrogen and oxygen atoms in total. The van der Waals surface area contributed by atoms with Gasteiger partial charge in [-0.1, -0.05) is 70.2 Å². The fourth-order valence-electron chi connectivity index (χ4n) is 2.95. The number of methoxy groups -OCH3 is 1. The zero-order chi connectivity index (χ0) is 22.2. The number of amides is 1. The number of rotatable bonds is 3. The van der Waals surface area contributed by atoms with E-state index in [0.29, 0.717) is 24.1 Å². The van der Waals surface area contributed by atoms with Crippen LogP contribution >= 0.6 is 0 Å². The van der Waals surface area contributed by atoms with Crippen molar-refractivity contribution in [3.63, 3.8) is 0 Å². The average molecular weight is 1150 g/mol. The molecule has 1 amide bonds. The molecule has 1 heterocycles. The molecule has 0 spiro atoms. The Balaban J connectivity index is -0.0000000883. The first kappa shape index (κ1) is 66.6. The van der Waals surface area contributed by atoms with Crippen molar-refractivity contribution in [2.45, 2.75) is 47.5 Å². The molecule has 0 saturated carbocycles. The van der Waals surface area contributed by atoms with E-state index < -0.39 is 15.9 Å². The third-order valence-corrected chi connectivity index (χ3v) is 5.92. The van der Waals surface area contributed by atoms with Crippen molar-refractivity contribution < 1.29 is 280 Å². The van der Waals surface area contributed by atoms with E-state index in [9.17, 15) is 13.2 Å². The van der Waals surface area contributed by atoms with E-state index in [-0.39, 0.29) is 285 Å². The zero-order valence-electron chi connectivity index (χ0n) is 23.9. The molecule has 0 unspecified atom stereocenters. The van der Waals surface area contributed by atoms with Gasteiger partial charge < -0.3 is 17.5 Å². The Morgan fingerprint density at radius 3 is 1.92 bits per heavy atom. The van der Waals surface area contributed by atoms with Crippen molar-refractivity contribution in [3.05, 3.63) is 77.1 Å². The standard InChI is InChI=1S/C18H19N2O4S.2C2H6.CH3.8Y/c1-12-10-14-15(11-12)25(22,23)20(2)16(17(14)24-3)18(21)19-13-8-6-4-5-7-9-13;2*1-2;;;;;;;;;/h4-8H,9-10H2,1-3H3,(H,19,21);2*1-2H3;1H3;;;;;;;;/q-1;;;-1;;;;;;;;. The van der Waals surface area contributed by atoms with Gasteiger partial charge in [-0.15, -0.1) is 5.57 Å². The van der Waals surface area contributed by atoms with Gasteiger partial charge in [-0.3, -0.25) is 9.10 Å². The molecular formula is C23H34N2O4SY8-2. The Morgan fingerprint density at radius 2 is 1.45 bits per heavy atom. The topological polar surface area (TPSA) is 75.7 Å². The van der Waals surface area contributed by atoms with Crippen molar-refractivity contribution in [1.82, 2.24) is 9.62 Å². The molecule has 0 saturated heterocycles. The maximum Gasteiger partial charge on any atom is 0.274 e. The number of sulfonamides is 1. The van der Waals surface area contributed by atoms with Crippen LogP contribution in [0.5, 0.6) is 0 Å². The van der Waals surface area contributed by atoms with E-state index in [4.69, 9.17) is 4.74 Å².